The first-order chi connectivity index (χ1) is 13.5. The topological polar surface area (TPSA) is 85.8 Å². The number of halogens is 1. The summed E-state index contributed by atoms with van der Waals surface area (Å²) < 4.78 is 27.0. The first kappa shape index (κ1) is 21.0. The fourth-order valence-corrected chi connectivity index (χ4v) is 5.07. The lowest BCUT2D eigenvalue weighted by Gasteiger charge is -2.35. The summed E-state index contributed by atoms with van der Waals surface area (Å²) in [6, 6.07) is 12.9. The van der Waals surface area contributed by atoms with E-state index in [1.165, 1.54) is 4.31 Å². The van der Waals surface area contributed by atoms with Crippen molar-refractivity contribution in [2.75, 3.05) is 36.8 Å². The van der Waals surface area contributed by atoms with Gasteiger partial charge in [0.1, 0.15) is 5.82 Å². The molecule has 3 rings (SSSR count). The van der Waals surface area contributed by atoms with Crippen LogP contribution in [0.1, 0.15) is 12.0 Å². The molecular formula is C19H25ClN4O3S. The van der Waals surface area contributed by atoms with E-state index in [1.54, 1.807) is 12.3 Å². The second kappa shape index (κ2) is 9.67. The molecule has 1 fully saturated rings. The van der Waals surface area contributed by atoms with Gasteiger partial charge in [0, 0.05) is 38.4 Å². The largest absolute Gasteiger partial charge is 0.354 e. The van der Waals surface area contributed by atoms with Crippen LogP contribution in [0.4, 0.5) is 5.82 Å². The third-order valence-electron chi connectivity index (χ3n) is 4.89. The molecule has 0 amide bonds. The van der Waals surface area contributed by atoms with Gasteiger partial charge in [-0.3, -0.25) is 0 Å². The monoisotopic (exact) mass is 424 g/mol. The highest BCUT2D eigenvalue weighted by Gasteiger charge is 2.29. The van der Waals surface area contributed by atoms with E-state index < -0.39 is 16.1 Å². The Bertz CT molecular complexity index is 841. The molecule has 0 saturated carbocycles. The van der Waals surface area contributed by atoms with Crippen LogP contribution >= 0.6 is 11.6 Å². The van der Waals surface area contributed by atoms with Gasteiger partial charge < -0.3 is 10.1 Å². The predicted molar refractivity (Wildman–Crippen MR) is 110 cm³/mol. The molecule has 7 nitrogen and oxygen atoms in total. The summed E-state index contributed by atoms with van der Waals surface area (Å²) in [6.45, 7) is 1.91. The first-order valence-electron chi connectivity index (χ1n) is 9.26. The zero-order valence-corrected chi connectivity index (χ0v) is 17.1. The first-order valence-corrected chi connectivity index (χ1v) is 11.2. The number of hydroxylamine groups is 1. The second-order valence-electron chi connectivity index (χ2n) is 6.85. The van der Waals surface area contributed by atoms with Gasteiger partial charge in [-0.1, -0.05) is 41.9 Å². The Morgan fingerprint density at radius 1 is 1.11 bits per heavy atom. The third kappa shape index (κ3) is 5.65. The third-order valence-corrected chi connectivity index (χ3v) is 7.09. The van der Waals surface area contributed by atoms with Crippen LogP contribution < -0.4 is 10.4 Å². The van der Waals surface area contributed by atoms with Crippen molar-refractivity contribution in [3.63, 3.8) is 0 Å². The van der Waals surface area contributed by atoms with E-state index in [4.69, 9.17) is 11.6 Å². The van der Waals surface area contributed by atoms with Crippen LogP contribution in [-0.2, 0) is 16.4 Å². The van der Waals surface area contributed by atoms with E-state index >= 15 is 0 Å². The number of hydrogen-bond donors (Lipinski definition) is 2. The molecule has 1 aromatic carbocycles. The normalized spacial score (nSPS) is 16.9. The second-order valence-corrected chi connectivity index (χ2v) is 9.30. The van der Waals surface area contributed by atoms with Gasteiger partial charge in [-0.25, -0.2) is 18.9 Å². The summed E-state index contributed by atoms with van der Waals surface area (Å²) >= 11 is 5.87. The van der Waals surface area contributed by atoms with Crippen LogP contribution in [0.3, 0.4) is 0 Å². The highest BCUT2D eigenvalue weighted by molar-refractivity contribution is 7.89. The number of nitrogens with one attached hydrogen (secondary N) is 1. The van der Waals surface area contributed by atoms with Gasteiger partial charge in [0.25, 0.3) is 0 Å². The molecular weight excluding hydrogens is 400 g/mol. The minimum atomic E-state index is -3.47. The Kier molecular flexibility index (Phi) is 7.25. The quantitative estimate of drug-likeness (QED) is 0.631. The molecule has 1 atom stereocenters. The van der Waals surface area contributed by atoms with Crippen molar-refractivity contribution in [2.24, 2.45) is 0 Å². The van der Waals surface area contributed by atoms with Gasteiger partial charge in [0.2, 0.25) is 10.0 Å². The van der Waals surface area contributed by atoms with Crippen LogP contribution in [-0.4, -0.2) is 60.9 Å². The number of piperazine rings is 1. The number of aromatic nitrogens is 1. The Hall–Kier alpha value is -1.71. The summed E-state index contributed by atoms with van der Waals surface area (Å²) in [4.78, 5) is 6.33. The van der Waals surface area contributed by atoms with E-state index in [9.17, 15) is 13.6 Å². The standard InChI is InChI=1S/C19H25ClN4O3S/c20-17-7-9-19(21-14-17)23-10-12-24(13-11-23)28(26,27)15-18(22-25)8-6-16-4-2-1-3-5-16/h1-5,7,9,14,18,22,25H,6,8,10-13,15H2. The highest BCUT2D eigenvalue weighted by Crippen LogP contribution is 2.18. The van der Waals surface area contributed by atoms with E-state index in [-0.39, 0.29) is 5.75 Å². The number of anilines is 1. The van der Waals surface area contributed by atoms with Crippen LogP contribution in [0.15, 0.2) is 48.7 Å². The lowest BCUT2D eigenvalue weighted by Crippen LogP contribution is -2.51. The fraction of sp³-hybridized carbons (Fsp3) is 0.421. The van der Waals surface area contributed by atoms with Gasteiger partial charge >= 0.3 is 0 Å². The Balaban J connectivity index is 1.53. The molecule has 1 aromatic heterocycles. The minimum Gasteiger partial charge on any atom is -0.354 e. The average Bonchev–Trinajstić information content (AvgIpc) is 2.72. The molecule has 1 aliphatic rings. The summed E-state index contributed by atoms with van der Waals surface area (Å²) in [7, 11) is -3.47. The van der Waals surface area contributed by atoms with Gasteiger partial charge in [0.05, 0.1) is 10.8 Å². The number of pyridine rings is 1. The molecule has 0 aliphatic carbocycles. The van der Waals surface area contributed by atoms with Crippen molar-refractivity contribution < 1.29 is 13.6 Å². The lowest BCUT2D eigenvalue weighted by atomic mass is 10.1. The summed E-state index contributed by atoms with van der Waals surface area (Å²) in [5.41, 5.74) is 3.28. The molecule has 1 unspecified atom stereocenters. The average molecular weight is 425 g/mol. The van der Waals surface area contributed by atoms with Crippen LogP contribution in [0.2, 0.25) is 5.02 Å². The predicted octanol–water partition coefficient (Wildman–Crippen LogP) is 2.17. The molecule has 1 saturated heterocycles. The van der Waals surface area contributed by atoms with Crippen LogP contribution in [0.25, 0.3) is 0 Å². The minimum absolute atomic E-state index is 0.129. The molecule has 2 heterocycles. The van der Waals surface area contributed by atoms with E-state index in [0.717, 1.165) is 11.4 Å². The maximum Gasteiger partial charge on any atom is 0.215 e. The number of benzene rings is 1. The van der Waals surface area contributed by atoms with Crippen LogP contribution in [0, 0.1) is 0 Å². The Morgan fingerprint density at radius 2 is 1.82 bits per heavy atom. The fourth-order valence-electron chi connectivity index (χ4n) is 3.28. The zero-order valence-electron chi connectivity index (χ0n) is 15.5. The van der Waals surface area contributed by atoms with E-state index in [2.05, 4.69) is 10.5 Å². The Labute approximate surface area is 171 Å². The molecule has 0 radical (unpaired) electrons. The molecule has 28 heavy (non-hydrogen) atoms. The van der Waals surface area contributed by atoms with Crippen molar-refractivity contribution in [1.29, 1.82) is 0 Å². The number of nitrogens with zero attached hydrogens (tertiary/aromatic N) is 3. The number of rotatable bonds is 8. The molecule has 0 bridgehead atoms. The van der Waals surface area contributed by atoms with Crippen molar-refractivity contribution in [1.82, 2.24) is 14.8 Å². The lowest BCUT2D eigenvalue weighted by molar-refractivity contribution is 0.129. The summed E-state index contributed by atoms with van der Waals surface area (Å²) in [5.74, 6) is 0.661. The van der Waals surface area contributed by atoms with Crippen molar-refractivity contribution >= 4 is 27.4 Å². The molecule has 1 aliphatic heterocycles. The summed E-state index contributed by atoms with van der Waals surface area (Å²) in [5, 5.41) is 9.99. The van der Waals surface area contributed by atoms with Crippen LogP contribution in [0.5, 0.6) is 0 Å². The van der Waals surface area contributed by atoms with Crippen molar-refractivity contribution in [3.8, 4) is 0 Å². The molecule has 9 heteroatoms. The van der Waals surface area contributed by atoms with E-state index in [1.807, 2.05) is 41.3 Å². The maximum absolute atomic E-state index is 12.8. The van der Waals surface area contributed by atoms with E-state index in [0.29, 0.717) is 44.0 Å². The van der Waals surface area contributed by atoms with Gasteiger partial charge in [-0.05, 0) is 30.5 Å². The number of aryl methyl sites for hydroxylation is 1. The summed E-state index contributed by atoms with van der Waals surface area (Å²) in [6.07, 6.45) is 2.82. The molecule has 2 N–H and O–H groups in total. The highest BCUT2D eigenvalue weighted by atomic mass is 35.5. The zero-order chi connectivity index (χ0) is 20.0. The van der Waals surface area contributed by atoms with Gasteiger partial charge in [-0.2, -0.15) is 4.31 Å². The molecule has 2 aromatic rings. The van der Waals surface area contributed by atoms with Crippen molar-refractivity contribution in [2.45, 2.75) is 18.9 Å². The Morgan fingerprint density at radius 3 is 2.43 bits per heavy atom. The van der Waals surface area contributed by atoms with Crippen molar-refractivity contribution in [3.05, 3.63) is 59.2 Å². The molecule has 152 valence electrons. The van der Waals surface area contributed by atoms with Gasteiger partial charge in [-0.15, -0.1) is 0 Å². The SMILES string of the molecule is O=S(=O)(CC(CCc1ccccc1)NO)N1CCN(c2ccc(Cl)cn2)CC1. The smallest absolute Gasteiger partial charge is 0.215 e. The maximum atomic E-state index is 12.8. The number of hydrogen-bond acceptors (Lipinski definition) is 6. The molecule has 0 spiro atoms. The van der Waals surface area contributed by atoms with Gasteiger partial charge in [0.15, 0.2) is 0 Å². The number of sulfonamides is 1.